The van der Waals surface area contributed by atoms with E-state index in [9.17, 15) is 14.4 Å². The van der Waals surface area contributed by atoms with Crippen LogP contribution in [-0.4, -0.2) is 65.7 Å². The van der Waals surface area contributed by atoms with Gasteiger partial charge in [0.15, 0.2) is 0 Å². The Morgan fingerprint density at radius 2 is 1.88 bits per heavy atom. The van der Waals surface area contributed by atoms with Crippen LogP contribution in [0.2, 0.25) is 5.02 Å². The van der Waals surface area contributed by atoms with E-state index in [0.29, 0.717) is 43.1 Å². The molecule has 0 fully saturated rings. The molecule has 0 unspecified atom stereocenters. The van der Waals surface area contributed by atoms with Crippen molar-refractivity contribution in [2.45, 2.75) is 51.1 Å². The van der Waals surface area contributed by atoms with E-state index in [1.54, 1.807) is 17.8 Å². The monoisotopic (exact) mass is 703 g/mol. The summed E-state index contributed by atoms with van der Waals surface area (Å²) in [6.45, 7) is 7.39. The molecule has 1 aliphatic rings. The maximum absolute atomic E-state index is 13.3. The molecule has 0 saturated carbocycles. The van der Waals surface area contributed by atoms with Crippen LogP contribution in [0, 0.1) is 12.8 Å². The molecule has 1 aromatic heterocycles. The number of nitrogens with two attached hydrogens (primary N) is 1. The van der Waals surface area contributed by atoms with Crippen LogP contribution in [0.4, 0.5) is 5.69 Å². The highest BCUT2D eigenvalue weighted by atomic mass is 35.5. The van der Waals surface area contributed by atoms with Crippen molar-refractivity contribution < 1.29 is 23.9 Å². The number of amides is 2. The van der Waals surface area contributed by atoms with Crippen LogP contribution in [0.3, 0.4) is 0 Å². The largest absolute Gasteiger partial charge is 0.493 e. The maximum Gasteiger partial charge on any atom is 0.323 e. The predicted molar refractivity (Wildman–Crippen MR) is 193 cm³/mol. The maximum atomic E-state index is 13.3. The summed E-state index contributed by atoms with van der Waals surface area (Å²) in [6.07, 6.45) is 4.79. The van der Waals surface area contributed by atoms with Gasteiger partial charge in [-0.15, -0.1) is 11.8 Å². The van der Waals surface area contributed by atoms with Crippen LogP contribution >= 0.6 is 23.4 Å². The Labute approximate surface area is 296 Å². The molecule has 5 rings (SSSR count). The van der Waals surface area contributed by atoms with E-state index >= 15 is 0 Å². The number of thioether (sulfide) groups is 1. The highest BCUT2D eigenvalue weighted by Crippen LogP contribution is 2.42. The number of nitrogens with one attached hydrogen (secondary N) is 1. The van der Waals surface area contributed by atoms with Crippen molar-refractivity contribution in [3.8, 4) is 16.9 Å². The lowest BCUT2D eigenvalue weighted by atomic mass is 10.1. The van der Waals surface area contributed by atoms with Crippen LogP contribution in [0.25, 0.3) is 11.1 Å². The Bertz CT molecular complexity index is 1790. The number of aromatic nitrogens is 2. The molecule has 4 aromatic rings. The number of esters is 1. The van der Waals surface area contributed by atoms with E-state index < -0.39 is 12.0 Å². The standard InChI is InChI=1S/C37H42ClN5O5S/c1-24(2)34(39)37(46)48-18-15-40-36(45)27-9-4-8-26(20-27)22-42-23-28(21-41-42)29-10-5-12-31-35(29)49-19-16-43(31)33(44)14-7-17-47-32-13-6-11-30(38)25(32)3/h4-6,8-13,20-21,23-24,34H,7,14-19,22,39H2,1-3H3,(H,40,45)/t34-/m0/s1. The van der Waals surface area contributed by atoms with Gasteiger partial charge in [-0.3, -0.25) is 19.1 Å². The van der Waals surface area contributed by atoms with Gasteiger partial charge in [0.1, 0.15) is 18.4 Å². The average Bonchev–Trinajstić information content (AvgIpc) is 3.57. The van der Waals surface area contributed by atoms with E-state index in [-0.39, 0.29) is 30.9 Å². The molecule has 2 heterocycles. The van der Waals surface area contributed by atoms with Gasteiger partial charge < -0.3 is 25.4 Å². The van der Waals surface area contributed by atoms with E-state index in [2.05, 4.69) is 16.5 Å². The van der Waals surface area contributed by atoms with Crippen molar-refractivity contribution in [1.29, 1.82) is 0 Å². The molecular weight excluding hydrogens is 662 g/mol. The number of nitrogens with zero attached hydrogens (tertiary/aromatic N) is 3. The fourth-order valence-electron chi connectivity index (χ4n) is 5.39. The number of carbonyl (C=O) groups excluding carboxylic acids is 3. The highest BCUT2D eigenvalue weighted by molar-refractivity contribution is 7.99. The van der Waals surface area contributed by atoms with Gasteiger partial charge in [-0.05, 0) is 55.2 Å². The number of hydrogen-bond acceptors (Lipinski definition) is 8. The first-order valence-electron chi connectivity index (χ1n) is 16.4. The average molecular weight is 704 g/mol. The molecule has 10 nitrogen and oxygen atoms in total. The van der Waals surface area contributed by atoms with Gasteiger partial charge in [0.05, 0.1) is 31.6 Å². The number of ether oxygens (including phenoxy) is 2. The topological polar surface area (TPSA) is 129 Å². The van der Waals surface area contributed by atoms with Crippen LogP contribution in [0.15, 0.2) is 78.0 Å². The molecule has 3 aromatic carbocycles. The summed E-state index contributed by atoms with van der Waals surface area (Å²) in [5.74, 6) is 0.839. The van der Waals surface area contributed by atoms with Crippen molar-refractivity contribution in [2.24, 2.45) is 11.7 Å². The Morgan fingerprint density at radius 3 is 2.69 bits per heavy atom. The summed E-state index contributed by atoms with van der Waals surface area (Å²) < 4.78 is 12.9. The van der Waals surface area contributed by atoms with Gasteiger partial charge in [0, 0.05) is 57.1 Å². The Morgan fingerprint density at radius 1 is 1.08 bits per heavy atom. The van der Waals surface area contributed by atoms with Gasteiger partial charge in [0.2, 0.25) is 5.91 Å². The molecule has 49 heavy (non-hydrogen) atoms. The molecular formula is C37H42ClN5O5S. The second kappa shape index (κ2) is 16.9. The van der Waals surface area contributed by atoms with Crippen molar-refractivity contribution in [3.05, 3.63) is 94.8 Å². The summed E-state index contributed by atoms with van der Waals surface area (Å²) in [5, 5.41) is 8.05. The lowest BCUT2D eigenvalue weighted by molar-refractivity contribution is -0.146. The lowest BCUT2D eigenvalue weighted by Gasteiger charge is -2.30. The third-order valence-electron chi connectivity index (χ3n) is 8.26. The number of halogens is 1. The minimum absolute atomic E-state index is 0.0261. The molecule has 0 aliphatic carbocycles. The molecule has 3 N–H and O–H groups in total. The summed E-state index contributed by atoms with van der Waals surface area (Å²) in [5.41, 5.74) is 11.0. The van der Waals surface area contributed by atoms with Crippen LogP contribution in [0.5, 0.6) is 5.75 Å². The van der Waals surface area contributed by atoms with E-state index in [0.717, 1.165) is 44.3 Å². The molecule has 2 amide bonds. The highest BCUT2D eigenvalue weighted by Gasteiger charge is 2.25. The van der Waals surface area contributed by atoms with Crippen LogP contribution in [0.1, 0.15) is 48.2 Å². The Hall–Kier alpha value is -4.32. The molecule has 1 atom stereocenters. The van der Waals surface area contributed by atoms with Gasteiger partial charge >= 0.3 is 5.97 Å². The van der Waals surface area contributed by atoms with E-state index in [4.69, 9.17) is 26.8 Å². The molecule has 1 aliphatic heterocycles. The molecule has 0 saturated heterocycles. The summed E-state index contributed by atoms with van der Waals surface area (Å²) in [6, 6.07) is 18.3. The number of anilines is 1. The van der Waals surface area contributed by atoms with Gasteiger partial charge in [0.25, 0.3) is 5.91 Å². The number of hydrogen-bond donors (Lipinski definition) is 2. The van der Waals surface area contributed by atoms with Crippen molar-refractivity contribution in [1.82, 2.24) is 15.1 Å². The summed E-state index contributed by atoms with van der Waals surface area (Å²) >= 11 is 7.94. The first-order chi connectivity index (χ1) is 23.6. The zero-order valence-electron chi connectivity index (χ0n) is 28.0. The normalized spacial score (nSPS) is 13.1. The van der Waals surface area contributed by atoms with Crippen molar-refractivity contribution in [3.63, 3.8) is 0 Å². The quantitative estimate of drug-likeness (QED) is 0.119. The number of carbonyl (C=O) groups is 3. The zero-order valence-corrected chi connectivity index (χ0v) is 29.6. The van der Waals surface area contributed by atoms with E-state index in [1.165, 1.54) is 0 Å². The number of rotatable bonds is 14. The minimum Gasteiger partial charge on any atom is -0.493 e. The smallest absolute Gasteiger partial charge is 0.323 e. The van der Waals surface area contributed by atoms with Gasteiger partial charge in [-0.1, -0.05) is 55.8 Å². The molecule has 0 spiro atoms. The lowest BCUT2D eigenvalue weighted by Crippen LogP contribution is -2.38. The van der Waals surface area contributed by atoms with Crippen molar-refractivity contribution in [2.75, 3.05) is 37.0 Å². The van der Waals surface area contributed by atoms with Gasteiger partial charge in [-0.25, -0.2) is 0 Å². The van der Waals surface area contributed by atoms with Crippen LogP contribution in [-0.2, 0) is 20.9 Å². The molecule has 12 heteroatoms. The number of fused-ring (bicyclic) bond motifs is 1. The fraction of sp³-hybridized carbons (Fsp3) is 0.351. The molecule has 0 bridgehead atoms. The SMILES string of the molecule is Cc1c(Cl)cccc1OCCCC(=O)N1CCSc2c(-c3cnn(Cc4cccc(C(=O)NCCOC(=O)[C@@H](N)C(C)C)c4)c3)cccc21. The third kappa shape index (κ3) is 9.23. The van der Waals surface area contributed by atoms with E-state index in [1.807, 2.05) is 91.3 Å². The molecule has 0 radical (unpaired) electrons. The summed E-state index contributed by atoms with van der Waals surface area (Å²) in [7, 11) is 0. The third-order valence-corrected chi connectivity index (χ3v) is 9.77. The first kappa shape index (κ1) is 36.0. The first-order valence-corrected chi connectivity index (χ1v) is 17.7. The summed E-state index contributed by atoms with van der Waals surface area (Å²) in [4.78, 5) is 41.0. The fourth-order valence-corrected chi connectivity index (χ4v) is 6.70. The van der Waals surface area contributed by atoms with Crippen molar-refractivity contribution >= 4 is 46.8 Å². The Kier molecular flexibility index (Phi) is 12.4. The number of benzene rings is 3. The zero-order chi connectivity index (χ0) is 34.9. The van der Waals surface area contributed by atoms with Crippen LogP contribution < -0.4 is 20.7 Å². The Balaban J connectivity index is 1.17. The minimum atomic E-state index is -0.687. The molecule has 258 valence electrons. The van der Waals surface area contributed by atoms with Gasteiger partial charge in [-0.2, -0.15) is 5.10 Å². The predicted octanol–water partition coefficient (Wildman–Crippen LogP) is 6.11. The second-order valence-electron chi connectivity index (χ2n) is 12.2. The second-order valence-corrected chi connectivity index (χ2v) is 13.7.